The molecule has 0 fully saturated rings. The Labute approximate surface area is 101 Å². The molecule has 0 radical (unpaired) electrons. The minimum absolute atomic E-state index is 0.103. The summed E-state index contributed by atoms with van der Waals surface area (Å²) < 4.78 is 0. The van der Waals surface area contributed by atoms with Crippen LogP contribution in [0.5, 0.6) is 0 Å². The number of carbonyl (C=O) groups excluding carboxylic acids is 1. The predicted molar refractivity (Wildman–Crippen MR) is 62.3 cm³/mol. The predicted octanol–water partition coefficient (Wildman–Crippen LogP) is -0.125. The van der Waals surface area contributed by atoms with Gasteiger partial charge in [0.05, 0.1) is 12.6 Å². The lowest BCUT2D eigenvalue weighted by Crippen LogP contribution is -2.52. The first-order valence-electron chi connectivity index (χ1n) is 5.33. The second-order valence-electron chi connectivity index (χ2n) is 3.63. The highest BCUT2D eigenvalue weighted by Gasteiger charge is 2.26. The maximum atomic E-state index is 11.7. The molecule has 0 bridgehead atoms. The van der Waals surface area contributed by atoms with Crippen LogP contribution in [0, 0.1) is 12.3 Å². The first kappa shape index (κ1) is 15.3. The lowest BCUT2D eigenvalue weighted by Gasteiger charge is -2.24. The third kappa shape index (κ3) is 5.22. The number of nitrogens with one attached hydrogen (secondary N) is 1. The Bertz CT molecular complexity index is 309. The molecule has 0 aliphatic heterocycles. The number of hydrogen-bond acceptors (Lipinski definition) is 3. The lowest BCUT2D eigenvalue weighted by molar-refractivity contribution is -0.141. The number of aliphatic hydroxyl groups is 1. The Morgan fingerprint density at radius 1 is 1.53 bits per heavy atom. The van der Waals surface area contributed by atoms with Crippen molar-refractivity contribution in [2.24, 2.45) is 0 Å². The number of hydrogen-bond donors (Lipinski definition) is 3. The molecule has 0 spiro atoms. The minimum atomic E-state index is -1.33. The number of terminal acetylenes is 1. The molecular weight excluding hydrogens is 224 g/mol. The molecule has 2 atom stereocenters. The summed E-state index contributed by atoms with van der Waals surface area (Å²) in [4.78, 5) is 23.8. The van der Waals surface area contributed by atoms with Crippen molar-refractivity contribution >= 4 is 12.0 Å². The fourth-order valence-electron chi connectivity index (χ4n) is 1.25. The largest absolute Gasteiger partial charge is 0.480 e. The fraction of sp³-hybridized carbons (Fsp3) is 0.636. The van der Waals surface area contributed by atoms with Crippen LogP contribution in [0.25, 0.3) is 0 Å². The lowest BCUT2D eigenvalue weighted by atomic mass is 10.2. The van der Waals surface area contributed by atoms with E-state index in [1.165, 1.54) is 11.8 Å². The highest BCUT2D eigenvalue weighted by atomic mass is 16.4. The number of carbonyl (C=O) groups is 2. The normalized spacial score (nSPS) is 13.3. The van der Waals surface area contributed by atoms with Gasteiger partial charge in [-0.25, -0.2) is 9.59 Å². The quantitative estimate of drug-likeness (QED) is 0.566. The van der Waals surface area contributed by atoms with Crippen LogP contribution in [0.4, 0.5) is 4.79 Å². The van der Waals surface area contributed by atoms with E-state index in [-0.39, 0.29) is 6.54 Å². The van der Waals surface area contributed by atoms with Crippen molar-refractivity contribution < 1.29 is 19.8 Å². The van der Waals surface area contributed by atoms with E-state index in [1.54, 1.807) is 0 Å². The number of rotatable bonds is 6. The van der Waals surface area contributed by atoms with Gasteiger partial charge >= 0.3 is 12.0 Å². The molecular formula is C11H18N2O4. The average Bonchev–Trinajstić information content (AvgIpc) is 2.24. The van der Waals surface area contributed by atoms with Crippen molar-refractivity contribution in [2.45, 2.75) is 32.4 Å². The second-order valence-corrected chi connectivity index (χ2v) is 3.63. The van der Waals surface area contributed by atoms with Crippen molar-refractivity contribution in [3.05, 3.63) is 0 Å². The smallest absolute Gasteiger partial charge is 0.328 e. The molecule has 0 aliphatic rings. The van der Waals surface area contributed by atoms with Gasteiger partial charge in [0, 0.05) is 6.54 Å². The van der Waals surface area contributed by atoms with E-state index in [1.807, 2.05) is 6.92 Å². The number of carboxylic acids is 1. The Morgan fingerprint density at radius 3 is 2.47 bits per heavy atom. The molecule has 0 unspecified atom stereocenters. The summed E-state index contributed by atoms with van der Waals surface area (Å²) in [5, 5.41) is 20.2. The molecule has 0 aromatic heterocycles. The molecule has 0 heterocycles. The van der Waals surface area contributed by atoms with Gasteiger partial charge < -0.3 is 20.4 Å². The maximum absolute atomic E-state index is 11.7. The van der Waals surface area contributed by atoms with Crippen LogP contribution >= 0.6 is 0 Å². The highest BCUT2D eigenvalue weighted by Crippen LogP contribution is 1.97. The Kier molecular flexibility index (Phi) is 6.75. The average molecular weight is 242 g/mol. The Balaban J connectivity index is 4.56. The van der Waals surface area contributed by atoms with Crippen molar-refractivity contribution in [1.82, 2.24) is 10.2 Å². The summed E-state index contributed by atoms with van der Waals surface area (Å²) in [6, 6.07) is -1.92. The molecule has 96 valence electrons. The van der Waals surface area contributed by atoms with Gasteiger partial charge in [-0.2, -0.15) is 0 Å². The van der Waals surface area contributed by atoms with Gasteiger partial charge in [0.15, 0.2) is 6.04 Å². The van der Waals surface area contributed by atoms with Crippen LogP contribution in [-0.2, 0) is 4.79 Å². The minimum Gasteiger partial charge on any atom is -0.480 e. The number of aliphatic hydroxyl groups excluding tert-OH is 1. The number of carboxylic acid groups (broad SMARTS) is 1. The van der Waals surface area contributed by atoms with E-state index < -0.39 is 24.1 Å². The van der Waals surface area contributed by atoms with Crippen molar-refractivity contribution in [2.75, 3.05) is 13.1 Å². The van der Waals surface area contributed by atoms with Gasteiger partial charge in [-0.05, 0) is 13.3 Å². The monoisotopic (exact) mass is 242 g/mol. The number of urea groups is 1. The Morgan fingerprint density at radius 2 is 2.12 bits per heavy atom. The molecule has 6 heteroatoms. The van der Waals surface area contributed by atoms with Crippen LogP contribution in [0.3, 0.4) is 0 Å². The van der Waals surface area contributed by atoms with Crippen LogP contribution < -0.4 is 5.32 Å². The van der Waals surface area contributed by atoms with Crippen LogP contribution in [0.15, 0.2) is 0 Å². The topological polar surface area (TPSA) is 89.9 Å². The van der Waals surface area contributed by atoms with Crippen LogP contribution in [0.2, 0.25) is 0 Å². The maximum Gasteiger partial charge on any atom is 0.328 e. The second kappa shape index (κ2) is 7.52. The zero-order valence-corrected chi connectivity index (χ0v) is 10.0. The fourth-order valence-corrected chi connectivity index (χ4v) is 1.25. The number of nitrogens with zero attached hydrogens (tertiary/aromatic N) is 1. The first-order valence-corrected chi connectivity index (χ1v) is 5.33. The molecule has 0 aromatic rings. The Hall–Kier alpha value is -1.74. The number of amides is 2. The van der Waals surface area contributed by atoms with Crippen molar-refractivity contribution in [3.8, 4) is 12.3 Å². The van der Waals surface area contributed by atoms with E-state index in [2.05, 4.69) is 11.2 Å². The molecule has 3 N–H and O–H groups in total. The standard InChI is InChI=1S/C11H18N2O4/c1-4-6-13(7-5-2)11(17)12-9(8(3)14)10(15)16/h1,8-9,14H,5-7H2,2-3H3,(H,12,17)(H,15,16)/t8-,9+/m1/s1. The molecule has 2 amide bonds. The molecule has 17 heavy (non-hydrogen) atoms. The molecule has 0 saturated carbocycles. The van der Waals surface area contributed by atoms with Crippen molar-refractivity contribution in [1.29, 1.82) is 0 Å². The molecule has 0 aliphatic carbocycles. The van der Waals surface area contributed by atoms with Crippen molar-refractivity contribution in [3.63, 3.8) is 0 Å². The van der Waals surface area contributed by atoms with Gasteiger partial charge in [-0.3, -0.25) is 0 Å². The zero-order valence-electron chi connectivity index (χ0n) is 10.0. The summed E-state index contributed by atoms with van der Waals surface area (Å²) >= 11 is 0. The highest BCUT2D eigenvalue weighted by molar-refractivity contribution is 5.83. The van der Waals surface area contributed by atoms with Gasteiger partial charge in [-0.15, -0.1) is 6.42 Å². The van der Waals surface area contributed by atoms with E-state index in [9.17, 15) is 14.7 Å². The van der Waals surface area contributed by atoms with Gasteiger partial charge in [0.1, 0.15) is 0 Å². The van der Waals surface area contributed by atoms with Gasteiger partial charge in [0.2, 0.25) is 0 Å². The van der Waals surface area contributed by atoms with E-state index in [0.29, 0.717) is 13.0 Å². The molecule has 6 nitrogen and oxygen atoms in total. The summed E-state index contributed by atoms with van der Waals surface area (Å²) in [6.45, 7) is 3.71. The third-order valence-corrected chi connectivity index (χ3v) is 2.09. The van der Waals surface area contributed by atoms with Gasteiger partial charge in [0.25, 0.3) is 0 Å². The summed E-state index contributed by atoms with van der Waals surface area (Å²) in [6.07, 6.45) is 4.65. The summed E-state index contributed by atoms with van der Waals surface area (Å²) in [5.41, 5.74) is 0. The zero-order chi connectivity index (χ0) is 13.4. The molecule has 0 aromatic carbocycles. The summed E-state index contributed by atoms with van der Waals surface area (Å²) in [7, 11) is 0. The number of aliphatic carboxylic acids is 1. The van der Waals surface area contributed by atoms with Crippen LogP contribution in [0.1, 0.15) is 20.3 Å². The molecule has 0 rings (SSSR count). The third-order valence-electron chi connectivity index (χ3n) is 2.09. The van der Waals surface area contributed by atoms with Gasteiger partial charge in [-0.1, -0.05) is 12.8 Å². The SMILES string of the molecule is C#CCN(CCC)C(=O)N[C@H](C(=O)O)[C@@H](C)O. The summed E-state index contributed by atoms with van der Waals surface area (Å²) in [5.74, 6) is 1.03. The van der Waals surface area contributed by atoms with E-state index in [4.69, 9.17) is 11.5 Å². The first-order chi connectivity index (χ1) is 7.93. The van der Waals surface area contributed by atoms with E-state index in [0.717, 1.165) is 0 Å². The van der Waals surface area contributed by atoms with Crippen LogP contribution in [-0.4, -0.2) is 52.3 Å². The molecule has 0 saturated heterocycles. The van der Waals surface area contributed by atoms with E-state index >= 15 is 0 Å².